The maximum atomic E-state index is 10.8. The van der Waals surface area contributed by atoms with Crippen molar-refractivity contribution < 1.29 is 9.90 Å². The number of carbonyl (C=O) groups excluding carboxylic acids is 1. The maximum Gasteiger partial charge on any atom is 0.126 e. The van der Waals surface area contributed by atoms with Gasteiger partial charge >= 0.3 is 0 Å². The molecule has 1 N–H and O–H groups in total. The Morgan fingerprint density at radius 3 is 1.82 bits per heavy atom. The third-order valence-electron chi connectivity index (χ3n) is 3.51. The highest BCUT2D eigenvalue weighted by Gasteiger charge is 2.47. The molecule has 0 heterocycles. The van der Waals surface area contributed by atoms with Crippen LogP contribution < -0.4 is 0 Å². The van der Waals surface area contributed by atoms with Gasteiger partial charge in [-0.3, -0.25) is 0 Å². The Bertz CT molecular complexity index is 161. The Kier molecular flexibility index (Phi) is 1.37. The lowest BCUT2D eigenvalue weighted by molar-refractivity contribution is -0.133. The Morgan fingerprint density at radius 1 is 1.00 bits per heavy atom. The molecule has 2 nitrogen and oxygen atoms in total. The van der Waals surface area contributed by atoms with Crippen molar-refractivity contribution in [1.82, 2.24) is 0 Å². The van der Waals surface area contributed by atoms with E-state index in [1.165, 1.54) is 0 Å². The monoisotopic (exact) mass is 154 g/mol. The standard InChI is InChI=1S/C9H14O2/c10-7-8-1-4-9(11,5-2-8)6-3-8/h7,11H,1-6H2. The number of hydrogen-bond donors (Lipinski definition) is 1. The van der Waals surface area contributed by atoms with Crippen molar-refractivity contribution in [2.45, 2.75) is 44.1 Å². The van der Waals surface area contributed by atoms with Crippen LogP contribution in [0.1, 0.15) is 38.5 Å². The summed E-state index contributed by atoms with van der Waals surface area (Å²) in [7, 11) is 0. The highest BCUT2D eigenvalue weighted by atomic mass is 16.3. The largest absolute Gasteiger partial charge is 0.390 e. The minimum absolute atomic E-state index is 0.0372. The fourth-order valence-electron chi connectivity index (χ4n) is 2.37. The van der Waals surface area contributed by atoms with Crippen molar-refractivity contribution in [3.63, 3.8) is 0 Å². The first-order valence-electron chi connectivity index (χ1n) is 4.37. The van der Waals surface area contributed by atoms with Crippen LogP contribution in [0.15, 0.2) is 0 Å². The molecule has 0 amide bonds. The van der Waals surface area contributed by atoms with Crippen molar-refractivity contribution in [3.05, 3.63) is 0 Å². The van der Waals surface area contributed by atoms with Gasteiger partial charge in [0.2, 0.25) is 0 Å². The lowest BCUT2D eigenvalue weighted by atomic mass is 9.59. The van der Waals surface area contributed by atoms with Gasteiger partial charge in [-0.05, 0) is 38.5 Å². The van der Waals surface area contributed by atoms with E-state index in [1.807, 2.05) is 0 Å². The molecular weight excluding hydrogens is 140 g/mol. The summed E-state index contributed by atoms with van der Waals surface area (Å²) in [5.41, 5.74) is -0.435. The molecular formula is C9H14O2. The van der Waals surface area contributed by atoms with Crippen molar-refractivity contribution in [1.29, 1.82) is 0 Å². The van der Waals surface area contributed by atoms with Gasteiger partial charge in [0.1, 0.15) is 6.29 Å². The van der Waals surface area contributed by atoms with E-state index in [4.69, 9.17) is 0 Å². The second-order valence-electron chi connectivity index (χ2n) is 4.20. The molecule has 0 aromatic rings. The van der Waals surface area contributed by atoms with E-state index >= 15 is 0 Å². The van der Waals surface area contributed by atoms with Crippen LogP contribution in [0, 0.1) is 5.41 Å². The van der Waals surface area contributed by atoms with Gasteiger partial charge < -0.3 is 9.90 Å². The molecule has 0 radical (unpaired) electrons. The van der Waals surface area contributed by atoms with Gasteiger partial charge in [0.25, 0.3) is 0 Å². The lowest BCUT2D eigenvalue weighted by Gasteiger charge is -2.48. The van der Waals surface area contributed by atoms with E-state index < -0.39 is 5.60 Å². The zero-order chi connectivity index (χ0) is 7.95. The molecule has 0 unspecified atom stereocenters. The van der Waals surface area contributed by atoms with Crippen LogP contribution in [-0.4, -0.2) is 17.0 Å². The van der Waals surface area contributed by atoms with Crippen molar-refractivity contribution in [2.75, 3.05) is 0 Å². The minimum atomic E-state index is -0.398. The Balaban J connectivity index is 2.18. The Labute approximate surface area is 66.6 Å². The van der Waals surface area contributed by atoms with Crippen LogP contribution in [0.3, 0.4) is 0 Å². The van der Waals surface area contributed by atoms with E-state index in [0.29, 0.717) is 0 Å². The summed E-state index contributed by atoms with van der Waals surface area (Å²) in [6.07, 6.45) is 6.36. The number of hydrogen-bond acceptors (Lipinski definition) is 2. The van der Waals surface area contributed by atoms with Gasteiger partial charge in [-0.25, -0.2) is 0 Å². The summed E-state index contributed by atoms with van der Waals surface area (Å²) in [6.45, 7) is 0. The van der Waals surface area contributed by atoms with E-state index in [0.717, 1.165) is 44.8 Å². The summed E-state index contributed by atoms with van der Waals surface area (Å²) in [5.74, 6) is 0. The van der Waals surface area contributed by atoms with Crippen LogP contribution in [0.25, 0.3) is 0 Å². The fourth-order valence-corrected chi connectivity index (χ4v) is 2.37. The van der Waals surface area contributed by atoms with E-state index in [2.05, 4.69) is 0 Å². The van der Waals surface area contributed by atoms with E-state index in [-0.39, 0.29) is 5.41 Å². The van der Waals surface area contributed by atoms with Gasteiger partial charge in [0.05, 0.1) is 5.60 Å². The molecule has 0 atom stereocenters. The van der Waals surface area contributed by atoms with Gasteiger partial charge in [-0.1, -0.05) is 0 Å². The molecule has 3 aliphatic carbocycles. The quantitative estimate of drug-likeness (QED) is 0.577. The first-order valence-corrected chi connectivity index (χ1v) is 4.37. The van der Waals surface area contributed by atoms with Crippen LogP contribution in [0.2, 0.25) is 0 Å². The molecule has 0 aromatic carbocycles. The smallest absolute Gasteiger partial charge is 0.126 e. The molecule has 11 heavy (non-hydrogen) atoms. The molecule has 3 saturated carbocycles. The van der Waals surface area contributed by atoms with E-state index in [9.17, 15) is 9.90 Å². The van der Waals surface area contributed by atoms with Crippen molar-refractivity contribution in [3.8, 4) is 0 Å². The second-order valence-corrected chi connectivity index (χ2v) is 4.20. The molecule has 2 bridgehead atoms. The number of fused-ring (bicyclic) bond motifs is 3. The van der Waals surface area contributed by atoms with Gasteiger partial charge in [-0.2, -0.15) is 0 Å². The van der Waals surface area contributed by atoms with Gasteiger partial charge in [0, 0.05) is 5.41 Å². The summed E-state index contributed by atoms with van der Waals surface area (Å²) in [5, 5.41) is 9.81. The van der Waals surface area contributed by atoms with Crippen molar-refractivity contribution >= 4 is 6.29 Å². The van der Waals surface area contributed by atoms with Gasteiger partial charge in [0.15, 0.2) is 0 Å². The topological polar surface area (TPSA) is 37.3 Å². The molecule has 3 aliphatic rings. The number of aldehydes is 1. The first-order chi connectivity index (χ1) is 5.18. The van der Waals surface area contributed by atoms with E-state index in [1.54, 1.807) is 0 Å². The molecule has 3 rings (SSSR count). The van der Waals surface area contributed by atoms with Crippen LogP contribution in [0.5, 0.6) is 0 Å². The molecule has 0 saturated heterocycles. The molecule has 3 fully saturated rings. The summed E-state index contributed by atoms with van der Waals surface area (Å²) >= 11 is 0. The highest BCUT2D eigenvalue weighted by Crippen LogP contribution is 2.50. The molecule has 0 aliphatic heterocycles. The number of rotatable bonds is 1. The number of aliphatic hydroxyl groups is 1. The molecule has 0 aromatic heterocycles. The summed E-state index contributed by atoms with van der Waals surface area (Å²) in [4.78, 5) is 10.8. The SMILES string of the molecule is O=CC12CCC(O)(CC1)CC2. The molecule has 0 spiro atoms. The predicted octanol–water partition coefficient (Wildman–Crippen LogP) is 1.27. The average molecular weight is 154 g/mol. The fraction of sp³-hybridized carbons (Fsp3) is 0.889. The second kappa shape index (κ2) is 2.07. The highest BCUT2D eigenvalue weighted by molar-refractivity contribution is 5.60. The van der Waals surface area contributed by atoms with Crippen molar-refractivity contribution in [2.24, 2.45) is 5.41 Å². The maximum absolute atomic E-state index is 10.8. The van der Waals surface area contributed by atoms with Crippen LogP contribution in [-0.2, 0) is 4.79 Å². The molecule has 2 heteroatoms. The summed E-state index contributed by atoms with van der Waals surface area (Å²) in [6, 6.07) is 0. The molecule has 62 valence electrons. The zero-order valence-corrected chi connectivity index (χ0v) is 6.68. The third-order valence-corrected chi connectivity index (χ3v) is 3.51. The Hall–Kier alpha value is -0.370. The average Bonchev–Trinajstić information content (AvgIpc) is 2.07. The third kappa shape index (κ3) is 1.00. The Morgan fingerprint density at radius 2 is 1.45 bits per heavy atom. The van der Waals surface area contributed by atoms with Gasteiger partial charge in [-0.15, -0.1) is 0 Å². The normalized spacial score (nSPS) is 49.2. The first kappa shape index (κ1) is 7.29. The lowest BCUT2D eigenvalue weighted by Crippen LogP contribution is -2.46. The number of carbonyl (C=O) groups is 1. The minimum Gasteiger partial charge on any atom is -0.390 e. The predicted molar refractivity (Wildman–Crippen MR) is 41.1 cm³/mol. The van der Waals surface area contributed by atoms with Crippen LogP contribution in [0.4, 0.5) is 0 Å². The van der Waals surface area contributed by atoms with Crippen LogP contribution >= 0.6 is 0 Å². The summed E-state index contributed by atoms with van der Waals surface area (Å²) < 4.78 is 0. The zero-order valence-electron chi connectivity index (χ0n) is 6.68.